The van der Waals surface area contributed by atoms with Gasteiger partial charge >= 0.3 is 5.63 Å². The van der Waals surface area contributed by atoms with Crippen molar-refractivity contribution in [1.29, 1.82) is 0 Å². The molecule has 134 valence electrons. The van der Waals surface area contributed by atoms with E-state index < -0.39 is 21.5 Å². The first kappa shape index (κ1) is 17.6. The Labute approximate surface area is 144 Å². The zero-order chi connectivity index (χ0) is 18.0. The molecule has 1 aliphatic rings. The zero-order valence-corrected chi connectivity index (χ0v) is 14.5. The van der Waals surface area contributed by atoms with Crippen LogP contribution in [0.25, 0.3) is 0 Å². The number of rotatable bonds is 5. The maximum atomic E-state index is 13.2. The average Bonchev–Trinajstić information content (AvgIpc) is 2.95. The molecule has 1 aliphatic heterocycles. The van der Waals surface area contributed by atoms with Crippen LogP contribution < -0.4 is 10.4 Å². The molecule has 0 saturated carbocycles. The van der Waals surface area contributed by atoms with Crippen LogP contribution in [0.3, 0.4) is 0 Å². The summed E-state index contributed by atoms with van der Waals surface area (Å²) in [5.41, 5.74) is -0.107. The van der Waals surface area contributed by atoms with E-state index in [1.807, 2.05) is 0 Å². The highest BCUT2D eigenvalue weighted by Crippen LogP contribution is 2.22. The molecule has 1 aromatic carbocycles. The van der Waals surface area contributed by atoms with Crippen molar-refractivity contribution in [2.45, 2.75) is 25.2 Å². The lowest BCUT2D eigenvalue weighted by atomic mass is 10.2. The van der Waals surface area contributed by atoms with Gasteiger partial charge in [-0.1, -0.05) is 12.1 Å². The molecule has 8 heteroatoms. The van der Waals surface area contributed by atoms with Crippen molar-refractivity contribution in [1.82, 2.24) is 4.31 Å². The minimum absolute atomic E-state index is 0.191. The van der Waals surface area contributed by atoms with Crippen LogP contribution in [0.1, 0.15) is 17.7 Å². The molecule has 3 rings (SSSR count). The minimum atomic E-state index is -3.56. The SMILES string of the molecule is Cc1cc(OC2CCN(S(=O)(=O)Cc3cccc(F)c3)C2)cc(=O)o1. The Kier molecular flexibility index (Phi) is 4.91. The van der Waals surface area contributed by atoms with Gasteiger partial charge in [0.15, 0.2) is 0 Å². The molecular formula is C17H18FNO5S. The Hall–Kier alpha value is -2.19. The van der Waals surface area contributed by atoms with Gasteiger partial charge in [-0.25, -0.2) is 17.6 Å². The topological polar surface area (TPSA) is 76.8 Å². The lowest BCUT2D eigenvalue weighted by molar-refractivity contribution is 0.213. The Morgan fingerprint density at radius 3 is 2.84 bits per heavy atom. The molecule has 6 nitrogen and oxygen atoms in total. The van der Waals surface area contributed by atoms with Gasteiger partial charge in [0.05, 0.1) is 18.4 Å². The third kappa shape index (κ3) is 4.46. The van der Waals surface area contributed by atoms with Gasteiger partial charge in [0.2, 0.25) is 10.0 Å². The van der Waals surface area contributed by atoms with Crippen molar-refractivity contribution in [3.8, 4) is 5.75 Å². The fourth-order valence-electron chi connectivity index (χ4n) is 2.81. The van der Waals surface area contributed by atoms with Crippen LogP contribution in [0.15, 0.2) is 45.6 Å². The highest BCUT2D eigenvalue weighted by atomic mass is 32.2. The third-order valence-electron chi connectivity index (χ3n) is 3.91. The van der Waals surface area contributed by atoms with E-state index in [9.17, 15) is 17.6 Å². The van der Waals surface area contributed by atoms with Crippen LogP contribution in [0.2, 0.25) is 0 Å². The first-order valence-corrected chi connectivity index (χ1v) is 9.43. The standard InChI is InChI=1S/C17H18FNO5S/c1-12-7-16(9-17(20)23-12)24-15-5-6-19(10-15)25(21,22)11-13-3-2-4-14(18)8-13/h2-4,7-9,15H,5-6,10-11H2,1H3. The summed E-state index contributed by atoms with van der Waals surface area (Å²) in [7, 11) is -3.56. The molecule has 1 saturated heterocycles. The van der Waals surface area contributed by atoms with Crippen LogP contribution >= 0.6 is 0 Å². The van der Waals surface area contributed by atoms with E-state index in [0.29, 0.717) is 30.0 Å². The number of hydrogen-bond acceptors (Lipinski definition) is 5. The molecule has 1 aromatic heterocycles. The number of nitrogens with zero attached hydrogens (tertiary/aromatic N) is 1. The summed E-state index contributed by atoms with van der Waals surface area (Å²) < 4.78 is 50.1. The summed E-state index contributed by atoms with van der Waals surface area (Å²) >= 11 is 0. The number of ether oxygens (including phenoxy) is 1. The van der Waals surface area contributed by atoms with Crippen molar-refractivity contribution in [3.63, 3.8) is 0 Å². The number of hydrogen-bond donors (Lipinski definition) is 0. The molecule has 0 bridgehead atoms. The van der Waals surface area contributed by atoms with Crippen LogP contribution in [0, 0.1) is 12.7 Å². The monoisotopic (exact) mass is 367 g/mol. The Bertz CT molecular complexity index is 925. The number of aryl methyl sites for hydroxylation is 1. The Morgan fingerprint density at radius 2 is 2.12 bits per heavy atom. The van der Waals surface area contributed by atoms with Crippen molar-refractivity contribution in [3.05, 3.63) is 64.0 Å². The maximum absolute atomic E-state index is 13.2. The van der Waals surface area contributed by atoms with E-state index in [1.165, 1.54) is 28.6 Å². The van der Waals surface area contributed by atoms with E-state index in [4.69, 9.17) is 9.15 Å². The highest BCUT2D eigenvalue weighted by Gasteiger charge is 2.32. The largest absolute Gasteiger partial charge is 0.489 e. The summed E-state index contributed by atoms with van der Waals surface area (Å²) in [6, 6.07) is 8.38. The normalized spacial score (nSPS) is 18.4. The fourth-order valence-corrected chi connectivity index (χ4v) is 4.37. The molecular weight excluding hydrogens is 349 g/mol. The Morgan fingerprint density at radius 1 is 1.32 bits per heavy atom. The second kappa shape index (κ2) is 6.97. The molecule has 0 N–H and O–H groups in total. The molecule has 25 heavy (non-hydrogen) atoms. The van der Waals surface area contributed by atoms with E-state index in [1.54, 1.807) is 19.1 Å². The number of sulfonamides is 1. The van der Waals surface area contributed by atoms with Crippen LogP contribution in [0.4, 0.5) is 4.39 Å². The fraction of sp³-hybridized carbons (Fsp3) is 0.353. The van der Waals surface area contributed by atoms with Crippen LogP contribution in [-0.4, -0.2) is 31.9 Å². The van der Waals surface area contributed by atoms with E-state index in [0.717, 1.165) is 0 Å². The van der Waals surface area contributed by atoms with Gasteiger partial charge in [-0.15, -0.1) is 0 Å². The molecule has 0 aliphatic carbocycles. The molecule has 1 fully saturated rings. The Balaban J connectivity index is 1.66. The van der Waals surface area contributed by atoms with Gasteiger partial charge in [0.25, 0.3) is 0 Å². The van der Waals surface area contributed by atoms with Gasteiger partial charge < -0.3 is 9.15 Å². The second-order valence-corrected chi connectivity index (χ2v) is 7.96. The summed E-state index contributed by atoms with van der Waals surface area (Å²) in [5, 5.41) is 0. The van der Waals surface area contributed by atoms with Gasteiger partial charge in [0.1, 0.15) is 23.4 Å². The summed E-state index contributed by atoms with van der Waals surface area (Å²) in [6.07, 6.45) is 0.172. The predicted octanol–water partition coefficient (Wildman–Crippen LogP) is 2.07. The van der Waals surface area contributed by atoms with Gasteiger partial charge in [0, 0.05) is 12.6 Å². The molecule has 1 atom stereocenters. The molecule has 1 unspecified atom stereocenters. The van der Waals surface area contributed by atoms with Crippen LogP contribution in [-0.2, 0) is 15.8 Å². The van der Waals surface area contributed by atoms with Crippen molar-refractivity contribution < 1.29 is 22.0 Å². The second-order valence-electron chi connectivity index (χ2n) is 6.00. The lowest BCUT2D eigenvalue weighted by Crippen LogP contribution is -2.32. The lowest BCUT2D eigenvalue weighted by Gasteiger charge is -2.17. The summed E-state index contributed by atoms with van der Waals surface area (Å²) in [4.78, 5) is 11.4. The zero-order valence-electron chi connectivity index (χ0n) is 13.6. The van der Waals surface area contributed by atoms with Gasteiger partial charge in [-0.2, -0.15) is 4.31 Å². The van der Waals surface area contributed by atoms with Crippen molar-refractivity contribution >= 4 is 10.0 Å². The summed E-state index contributed by atoms with van der Waals surface area (Å²) in [5.74, 6) is 0.0683. The third-order valence-corrected chi connectivity index (χ3v) is 5.73. The van der Waals surface area contributed by atoms with Gasteiger partial charge in [-0.05, 0) is 31.0 Å². The molecule has 2 heterocycles. The molecule has 0 spiro atoms. The average molecular weight is 367 g/mol. The van der Waals surface area contributed by atoms with Crippen LogP contribution in [0.5, 0.6) is 5.75 Å². The van der Waals surface area contributed by atoms with Crippen molar-refractivity contribution in [2.24, 2.45) is 0 Å². The number of benzene rings is 1. The van der Waals surface area contributed by atoms with Crippen molar-refractivity contribution in [2.75, 3.05) is 13.1 Å². The van der Waals surface area contributed by atoms with Gasteiger partial charge in [-0.3, -0.25) is 0 Å². The minimum Gasteiger partial charge on any atom is -0.489 e. The number of halogens is 1. The first-order valence-electron chi connectivity index (χ1n) is 7.82. The molecule has 2 aromatic rings. The quantitative estimate of drug-likeness (QED) is 0.809. The maximum Gasteiger partial charge on any atom is 0.339 e. The molecule has 0 radical (unpaired) electrons. The van der Waals surface area contributed by atoms with E-state index in [-0.39, 0.29) is 18.4 Å². The molecule has 0 amide bonds. The smallest absolute Gasteiger partial charge is 0.339 e. The predicted molar refractivity (Wildman–Crippen MR) is 89.3 cm³/mol. The first-order chi connectivity index (χ1) is 11.8. The summed E-state index contributed by atoms with van der Waals surface area (Å²) in [6.45, 7) is 2.15. The van der Waals surface area contributed by atoms with E-state index >= 15 is 0 Å². The van der Waals surface area contributed by atoms with E-state index in [2.05, 4.69) is 0 Å². The highest BCUT2D eigenvalue weighted by molar-refractivity contribution is 7.88.